The molecule has 0 fully saturated rings. The van der Waals surface area contributed by atoms with Gasteiger partial charge in [-0.05, 0) is 25.0 Å². The first-order valence-corrected chi connectivity index (χ1v) is 6.56. The van der Waals surface area contributed by atoms with Gasteiger partial charge < -0.3 is 9.84 Å². The number of carboxylic acid groups (broad SMARTS) is 1. The molecule has 0 aliphatic heterocycles. The average Bonchev–Trinajstić information content (AvgIpc) is 2.38. The summed E-state index contributed by atoms with van der Waals surface area (Å²) in [7, 11) is 1.67. The number of methoxy groups -OCH3 is 1. The Kier molecular flexibility index (Phi) is 5.71. The van der Waals surface area contributed by atoms with Gasteiger partial charge in [-0.25, -0.2) is 0 Å². The molecule has 1 rings (SSSR count). The Bertz CT molecular complexity index is 499. The standard InChI is InChI=1S/C17H22O3/c1-5-10-17(12-20-4,13(2)3)15-8-6-14(7-9-15)11-16(18)19/h5-10H,2,11-12H2,1,3-4H3,(H,18,19)/b10-5+. The number of carbonyl (C=O) groups is 1. The molecule has 0 amide bonds. The highest BCUT2D eigenvalue weighted by Crippen LogP contribution is 2.33. The van der Waals surface area contributed by atoms with Gasteiger partial charge in [-0.15, -0.1) is 0 Å². The fourth-order valence-corrected chi connectivity index (χ4v) is 2.35. The molecule has 3 nitrogen and oxygen atoms in total. The van der Waals surface area contributed by atoms with Gasteiger partial charge in [-0.1, -0.05) is 48.6 Å². The summed E-state index contributed by atoms with van der Waals surface area (Å²) in [5, 5.41) is 8.81. The van der Waals surface area contributed by atoms with Gasteiger partial charge in [0.05, 0.1) is 18.4 Å². The average molecular weight is 274 g/mol. The van der Waals surface area contributed by atoms with Gasteiger partial charge in [0.25, 0.3) is 0 Å². The minimum Gasteiger partial charge on any atom is -0.481 e. The Labute approximate surface area is 120 Å². The van der Waals surface area contributed by atoms with Crippen LogP contribution < -0.4 is 0 Å². The molecule has 1 aromatic rings. The van der Waals surface area contributed by atoms with E-state index in [1.54, 1.807) is 7.11 Å². The minimum absolute atomic E-state index is 0.0360. The fourth-order valence-electron chi connectivity index (χ4n) is 2.35. The van der Waals surface area contributed by atoms with Crippen LogP contribution in [0.1, 0.15) is 25.0 Å². The van der Waals surface area contributed by atoms with Crippen molar-refractivity contribution in [1.29, 1.82) is 0 Å². The summed E-state index contributed by atoms with van der Waals surface area (Å²) < 4.78 is 5.36. The summed E-state index contributed by atoms with van der Waals surface area (Å²) in [6.07, 6.45) is 4.10. The first-order valence-electron chi connectivity index (χ1n) is 6.56. The van der Waals surface area contributed by atoms with E-state index < -0.39 is 5.97 Å². The van der Waals surface area contributed by atoms with E-state index in [1.807, 2.05) is 44.2 Å². The van der Waals surface area contributed by atoms with Crippen molar-refractivity contribution in [1.82, 2.24) is 0 Å². The second-order valence-corrected chi connectivity index (χ2v) is 4.95. The van der Waals surface area contributed by atoms with Crippen molar-refractivity contribution in [3.63, 3.8) is 0 Å². The number of rotatable bonds is 7. The molecule has 1 atom stereocenters. The second-order valence-electron chi connectivity index (χ2n) is 4.95. The highest BCUT2D eigenvalue weighted by Gasteiger charge is 2.30. The molecule has 0 heterocycles. The maximum atomic E-state index is 10.7. The predicted molar refractivity (Wildman–Crippen MR) is 81.0 cm³/mol. The lowest BCUT2D eigenvalue weighted by molar-refractivity contribution is -0.136. The van der Waals surface area contributed by atoms with Crippen LogP contribution in [0.5, 0.6) is 0 Å². The quantitative estimate of drug-likeness (QED) is 0.776. The van der Waals surface area contributed by atoms with E-state index in [-0.39, 0.29) is 11.8 Å². The number of hydrogen-bond donors (Lipinski definition) is 1. The first-order chi connectivity index (χ1) is 9.46. The van der Waals surface area contributed by atoms with E-state index in [0.29, 0.717) is 6.61 Å². The number of hydrogen-bond acceptors (Lipinski definition) is 2. The summed E-state index contributed by atoms with van der Waals surface area (Å²) in [6.45, 7) is 8.53. The summed E-state index contributed by atoms with van der Waals surface area (Å²) in [4.78, 5) is 10.7. The molecule has 0 saturated heterocycles. The third kappa shape index (κ3) is 3.58. The van der Waals surface area contributed by atoms with Crippen molar-refractivity contribution in [3.05, 3.63) is 59.7 Å². The van der Waals surface area contributed by atoms with Crippen LogP contribution in [-0.2, 0) is 21.4 Å². The topological polar surface area (TPSA) is 46.5 Å². The second kappa shape index (κ2) is 7.06. The van der Waals surface area contributed by atoms with E-state index in [1.165, 1.54) is 0 Å². The number of allylic oxidation sites excluding steroid dienone is 1. The van der Waals surface area contributed by atoms with Crippen molar-refractivity contribution < 1.29 is 14.6 Å². The Morgan fingerprint density at radius 2 is 2.00 bits per heavy atom. The number of carboxylic acids is 1. The van der Waals surface area contributed by atoms with Crippen LogP contribution in [0.3, 0.4) is 0 Å². The SMILES string of the molecule is C=C(C)C(/C=C/C)(COC)c1ccc(CC(=O)O)cc1. The largest absolute Gasteiger partial charge is 0.481 e. The van der Waals surface area contributed by atoms with Crippen LogP contribution in [0.2, 0.25) is 0 Å². The summed E-state index contributed by atoms with van der Waals surface area (Å²) in [6, 6.07) is 7.60. The maximum absolute atomic E-state index is 10.7. The maximum Gasteiger partial charge on any atom is 0.307 e. The molecule has 3 heteroatoms. The smallest absolute Gasteiger partial charge is 0.307 e. The number of benzene rings is 1. The zero-order chi connectivity index (χ0) is 15.2. The Morgan fingerprint density at radius 1 is 1.40 bits per heavy atom. The molecule has 1 aromatic carbocycles. The van der Waals surface area contributed by atoms with Gasteiger partial charge in [0.1, 0.15) is 0 Å². The third-order valence-electron chi connectivity index (χ3n) is 3.41. The zero-order valence-electron chi connectivity index (χ0n) is 12.3. The Hall–Kier alpha value is -1.87. The molecule has 0 radical (unpaired) electrons. The lowest BCUT2D eigenvalue weighted by atomic mass is 9.75. The van der Waals surface area contributed by atoms with Gasteiger partial charge in [0.2, 0.25) is 0 Å². The number of ether oxygens (including phenoxy) is 1. The van der Waals surface area contributed by atoms with Gasteiger partial charge in [0.15, 0.2) is 0 Å². The predicted octanol–water partition coefficient (Wildman–Crippen LogP) is 3.35. The molecule has 0 spiro atoms. The van der Waals surface area contributed by atoms with E-state index >= 15 is 0 Å². The molecule has 1 unspecified atom stereocenters. The molecule has 0 aromatic heterocycles. The molecule has 1 N–H and O–H groups in total. The van der Waals surface area contributed by atoms with Crippen molar-refractivity contribution in [2.45, 2.75) is 25.7 Å². The lowest BCUT2D eigenvalue weighted by Crippen LogP contribution is -2.30. The molecule has 20 heavy (non-hydrogen) atoms. The first kappa shape index (κ1) is 16.2. The fraction of sp³-hybridized carbons (Fsp3) is 0.353. The monoisotopic (exact) mass is 274 g/mol. The zero-order valence-corrected chi connectivity index (χ0v) is 12.3. The highest BCUT2D eigenvalue weighted by molar-refractivity contribution is 5.70. The van der Waals surface area contributed by atoms with Crippen molar-refractivity contribution in [3.8, 4) is 0 Å². The third-order valence-corrected chi connectivity index (χ3v) is 3.41. The molecule has 0 aliphatic carbocycles. The van der Waals surface area contributed by atoms with Crippen LogP contribution >= 0.6 is 0 Å². The molecule has 108 valence electrons. The minimum atomic E-state index is -0.825. The highest BCUT2D eigenvalue weighted by atomic mass is 16.5. The van der Waals surface area contributed by atoms with E-state index in [2.05, 4.69) is 12.7 Å². The van der Waals surface area contributed by atoms with Crippen LogP contribution in [0, 0.1) is 0 Å². The lowest BCUT2D eigenvalue weighted by Gasteiger charge is -2.31. The number of aliphatic carboxylic acids is 1. The molecule has 0 aliphatic rings. The van der Waals surface area contributed by atoms with Crippen LogP contribution in [0.4, 0.5) is 0 Å². The molecule has 0 saturated carbocycles. The van der Waals surface area contributed by atoms with Crippen molar-refractivity contribution >= 4 is 5.97 Å². The summed E-state index contributed by atoms with van der Waals surface area (Å²) in [5.74, 6) is -0.825. The summed E-state index contributed by atoms with van der Waals surface area (Å²) >= 11 is 0. The summed E-state index contributed by atoms with van der Waals surface area (Å²) in [5.41, 5.74) is 2.46. The van der Waals surface area contributed by atoms with E-state index in [9.17, 15) is 4.79 Å². The Morgan fingerprint density at radius 3 is 2.40 bits per heavy atom. The van der Waals surface area contributed by atoms with Crippen LogP contribution in [-0.4, -0.2) is 24.8 Å². The van der Waals surface area contributed by atoms with Crippen LogP contribution in [0.15, 0.2) is 48.6 Å². The van der Waals surface area contributed by atoms with Gasteiger partial charge in [-0.2, -0.15) is 0 Å². The van der Waals surface area contributed by atoms with E-state index in [4.69, 9.17) is 9.84 Å². The normalized spacial score (nSPS) is 14.2. The Balaban J connectivity index is 3.20. The van der Waals surface area contributed by atoms with Crippen molar-refractivity contribution in [2.75, 3.05) is 13.7 Å². The van der Waals surface area contributed by atoms with Gasteiger partial charge in [0, 0.05) is 7.11 Å². The molecule has 0 bridgehead atoms. The molecular formula is C17H22O3. The van der Waals surface area contributed by atoms with Gasteiger partial charge >= 0.3 is 5.97 Å². The van der Waals surface area contributed by atoms with Crippen molar-refractivity contribution in [2.24, 2.45) is 0 Å². The van der Waals surface area contributed by atoms with Crippen LogP contribution in [0.25, 0.3) is 0 Å². The van der Waals surface area contributed by atoms with E-state index in [0.717, 1.165) is 16.7 Å². The molecular weight excluding hydrogens is 252 g/mol. The van der Waals surface area contributed by atoms with Gasteiger partial charge in [-0.3, -0.25) is 4.79 Å².